The Morgan fingerprint density at radius 1 is 1.18 bits per heavy atom. The van der Waals surface area contributed by atoms with Crippen molar-refractivity contribution >= 4 is 5.69 Å². The number of ether oxygens (including phenoxy) is 1. The van der Waals surface area contributed by atoms with Crippen molar-refractivity contribution in [1.82, 2.24) is 4.90 Å². The number of piperidine rings is 1. The Hall–Kier alpha value is -1.39. The molecular formula is C24H31FN2O. The highest BCUT2D eigenvalue weighted by Crippen LogP contribution is 2.75. The molecule has 0 aromatic heterocycles. The van der Waals surface area contributed by atoms with Crippen LogP contribution in [0.3, 0.4) is 0 Å². The molecule has 0 amide bonds. The first-order chi connectivity index (χ1) is 13.6. The van der Waals surface area contributed by atoms with Gasteiger partial charge in [-0.25, -0.2) is 4.39 Å². The molecule has 0 N–H and O–H groups in total. The molecule has 2 aliphatic heterocycles. The lowest BCUT2D eigenvalue weighted by Crippen LogP contribution is -2.50. The predicted octanol–water partition coefficient (Wildman–Crippen LogP) is 3.84. The molecule has 150 valence electrons. The SMILES string of the molecule is COCCN1CC2(CCN(C[C@H]3CC45C[C@@H]4C=C[C@H]35)CC2)c2cc(F)ccc21. The second kappa shape index (κ2) is 6.06. The highest BCUT2D eigenvalue weighted by atomic mass is 19.1. The van der Waals surface area contributed by atoms with Gasteiger partial charge in [0.05, 0.1) is 6.61 Å². The minimum atomic E-state index is -0.0964. The van der Waals surface area contributed by atoms with E-state index in [-0.39, 0.29) is 11.2 Å². The van der Waals surface area contributed by atoms with Gasteiger partial charge in [-0.1, -0.05) is 12.2 Å². The van der Waals surface area contributed by atoms with Gasteiger partial charge in [0.15, 0.2) is 0 Å². The lowest BCUT2D eigenvalue weighted by atomic mass is 9.62. The molecule has 4 atom stereocenters. The summed E-state index contributed by atoms with van der Waals surface area (Å²) in [5, 5.41) is 0. The molecule has 3 aliphatic carbocycles. The smallest absolute Gasteiger partial charge is 0.123 e. The number of allylic oxidation sites excluding steroid dienone is 2. The fraction of sp³-hybridized carbons (Fsp3) is 0.667. The van der Waals surface area contributed by atoms with Crippen LogP contribution in [0.2, 0.25) is 0 Å². The van der Waals surface area contributed by atoms with Crippen molar-refractivity contribution in [3.05, 3.63) is 41.7 Å². The number of benzene rings is 1. The van der Waals surface area contributed by atoms with Gasteiger partial charge in [0.1, 0.15) is 5.82 Å². The van der Waals surface area contributed by atoms with Crippen LogP contribution < -0.4 is 4.90 Å². The van der Waals surface area contributed by atoms with Crippen LogP contribution in [0.25, 0.3) is 0 Å². The van der Waals surface area contributed by atoms with Gasteiger partial charge >= 0.3 is 0 Å². The van der Waals surface area contributed by atoms with Crippen LogP contribution in [0.4, 0.5) is 10.1 Å². The summed E-state index contributed by atoms with van der Waals surface area (Å²) in [5.41, 5.74) is 3.32. The highest BCUT2D eigenvalue weighted by molar-refractivity contribution is 5.63. The molecule has 1 aromatic rings. The number of likely N-dealkylation sites (tertiary alicyclic amines) is 1. The summed E-state index contributed by atoms with van der Waals surface area (Å²) in [6.07, 6.45) is 10.2. The molecule has 3 nitrogen and oxygen atoms in total. The Bertz CT molecular complexity index is 815. The van der Waals surface area contributed by atoms with Crippen LogP contribution in [0, 0.1) is 29.0 Å². The fourth-order valence-electron chi connectivity index (χ4n) is 7.14. The summed E-state index contributed by atoms with van der Waals surface area (Å²) in [6.45, 7) is 6.19. The number of hydrogen-bond acceptors (Lipinski definition) is 3. The molecule has 1 saturated heterocycles. The second-order valence-corrected chi connectivity index (χ2v) is 10.1. The lowest BCUT2D eigenvalue weighted by Gasteiger charge is -2.47. The maximum Gasteiger partial charge on any atom is 0.123 e. The Labute approximate surface area is 167 Å². The number of rotatable bonds is 5. The number of nitrogens with zero attached hydrogens (tertiary/aromatic N) is 2. The first-order valence-corrected chi connectivity index (χ1v) is 11.1. The van der Waals surface area contributed by atoms with Crippen LogP contribution in [0.5, 0.6) is 0 Å². The van der Waals surface area contributed by atoms with E-state index >= 15 is 0 Å². The van der Waals surface area contributed by atoms with Crippen LogP contribution in [-0.2, 0) is 10.2 Å². The molecule has 2 spiro atoms. The van der Waals surface area contributed by atoms with Crippen LogP contribution in [0.1, 0.15) is 31.2 Å². The first kappa shape index (κ1) is 17.5. The standard InChI is InChI=1S/C24H31FN2O/c1-28-11-10-27-16-23(21-12-19(25)3-5-22(21)27)6-8-26(9-7-23)15-17-13-24-14-18(24)2-4-20(17)24/h2-5,12,17-18,20H,6-11,13-16H2,1H3/t17-,18+,20-,24?/m1/s1. The maximum absolute atomic E-state index is 14.1. The molecule has 1 aromatic carbocycles. The van der Waals surface area contributed by atoms with Crippen molar-refractivity contribution in [2.75, 3.05) is 51.3 Å². The molecule has 1 unspecified atom stereocenters. The Kier molecular flexibility index (Phi) is 3.78. The van der Waals surface area contributed by atoms with E-state index in [1.807, 2.05) is 12.1 Å². The third-order valence-corrected chi connectivity index (χ3v) is 8.78. The lowest BCUT2D eigenvalue weighted by molar-refractivity contribution is 0.0372. The monoisotopic (exact) mass is 382 g/mol. The number of methoxy groups -OCH3 is 1. The van der Waals surface area contributed by atoms with Crippen molar-refractivity contribution in [3.8, 4) is 0 Å². The van der Waals surface area contributed by atoms with Crippen molar-refractivity contribution in [2.45, 2.75) is 31.1 Å². The van der Waals surface area contributed by atoms with Gasteiger partial charge in [-0.2, -0.15) is 0 Å². The predicted molar refractivity (Wildman–Crippen MR) is 109 cm³/mol. The first-order valence-electron chi connectivity index (χ1n) is 11.1. The Morgan fingerprint density at radius 2 is 2.04 bits per heavy atom. The van der Waals surface area contributed by atoms with E-state index in [0.29, 0.717) is 0 Å². The Morgan fingerprint density at radius 3 is 2.79 bits per heavy atom. The van der Waals surface area contributed by atoms with Gasteiger partial charge in [0, 0.05) is 37.8 Å². The zero-order valence-corrected chi connectivity index (χ0v) is 16.9. The minimum Gasteiger partial charge on any atom is -0.383 e. The van der Waals surface area contributed by atoms with Crippen LogP contribution >= 0.6 is 0 Å². The van der Waals surface area contributed by atoms with Gasteiger partial charge in [-0.05, 0) is 85.7 Å². The number of anilines is 1. The topological polar surface area (TPSA) is 15.7 Å². The largest absolute Gasteiger partial charge is 0.383 e. The van der Waals surface area contributed by atoms with E-state index in [4.69, 9.17) is 4.74 Å². The van der Waals surface area contributed by atoms with Crippen molar-refractivity contribution in [3.63, 3.8) is 0 Å². The third kappa shape index (κ3) is 2.40. The van der Waals surface area contributed by atoms with Gasteiger partial charge < -0.3 is 14.5 Å². The van der Waals surface area contributed by atoms with Crippen LogP contribution in [-0.4, -0.2) is 51.3 Å². The van der Waals surface area contributed by atoms with E-state index in [1.165, 1.54) is 30.6 Å². The third-order valence-electron chi connectivity index (χ3n) is 8.78. The fourth-order valence-corrected chi connectivity index (χ4v) is 7.14. The van der Waals surface area contributed by atoms with Gasteiger partial charge in [0.2, 0.25) is 0 Å². The van der Waals surface area contributed by atoms with Gasteiger partial charge in [-0.3, -0.25) is 0 Å². The molecule has 0 bridgehead atoms. The minimum absolute atomic E-state index is 0.0964. The average molecular weight is 383 g/mol. The summed E-state index contributed by atoms with van der Waals surface area (Å²) in [6, 6.07) is 5.40. The number of fused-ring (bicyclic) bond motifs is 2. The van der Waals surface area contributed by atoms with Crippen molar-refractivity contribution in [1.29, 1.82) is 0 Å². The van der Waals surface area contributed by atoms with E-state index in [9.17, 15) is 4.39 Å². The molecule has 5 aliphatic rings. The summed E-state index contributed by atoms with van der Waals surface area (Å²) >= 11 is 0. The summed E-state index contributed by atoms with van der Waals surface area (Å²) in [5.74, 6) is 2.59. The molecular weight excluding hydrogens is 351 g/mol. The molecule has 3 fully saturated rings. The average Bonchev–Trinajstić information content (AvgIpc) is 3.25. The number of hydrogen-bond donors (Lipinski definition) is 0. The van der Waals surface area contributed by atoms with Gasteiger partial charge in [-0.15, -0.1) is 0 Å². The van der Waals surface area contributed by atoms with E-state index < -0.39 is 0 Å². The van der Waals surface area contributed by atoms with Gasteiger partial charge in [0.25, 0.3) is 0 Å². The van der Waals surface area contributed by atoms with E-state index in [2.05, 4.69) is 22.0 Å². The molecule has 4 heteroatoms. The normalized spacial score (nSPS) is 36.9. The summed E-state index contributed by atoms with van der Waals surface area (Å²) in [7, 11) is 1.75. The van der Waals surface area contributed by atoms with E-state index in [1.54, 1.807) is 13.2 Å². The molecule has 28 heavy (non-hydrogen) atoms. The highest BCUT2D eigenvalue weighted by Gasteiger charge is 2.68. The molecule has 2 saturated carbocycles. The molecule has 2 heterocycles. The van der Waals surface area contributed by atoms with Crippen molar-refractivity contribution < 1.29 is 9.13 Å². The van der Waals surface area contributed by atoms with Crippen LogP contribution in [0.15, 0.2) is 30.4 Å². The Balaban J connectivity index is 1.14. The quantitative estimate of drug-likeness (QED) is 0.720. The number of halogens is 1. The molecule has 6 rings (SSSR count). The zero-order valence-electron chi connectivity index (χ0n) is 16.9. The van der Waals surface area contributed by atoms with E-state index in [0.717, 1.165) is 68.8 Å². The summed E-state index contributed by atoms with van der Waals surface area (Å²) < 4.78 is 19.4. The second-order valence-electron chi connectivity index (χ2n) is 10.1. The zero-order chi connectivity index (χ0) is 18.9. The van der Waals surface area contributed by atoms with Crippen molar-refractivity contribution in [2.24, 2.45) is 23.2 Å². The molecule has 0 radical (unpaired) electrons. The maximum atomic E-state index is 14.1. The summed E-state index contributed by atoms with van der Waals surface area (Å²) in [4.78, 5) is 5.11.